The highest BCUT2D eigenvalue weighted by Gasteiger charge is 2.21. The lowest BCUT2D eigenvalue weighted by Gasteiger charge is -2.25. The van der Waals surface area contributed by atoms with Gasteiger partial charge in [-0.2, -0.15) is 0 Å². The van der Waals surface area contributed by atoms with Crippen LogP contribution in [-0.4, -0.2) is 37.7 Å². The van der Waals surface area contributed by atoms with Gasteiger partial charge in [0.1, 0.15) is 0 Å². The Balaban J connectivity index is 1.54. The molecule has 0 bridgehead atoms. The van der Waals surface area contributed by atoms with Crippen molar-refractivity contribution in [2.75, 3.05) is 13.1 Å². The number of nitrogens with one attached hydrogen (secondary N) is 2. The van der Waals surface area contributed by atoms with Crippen molar-refractivity contribution in [3.05, 3.63) is 81.0 Å². The smallest absolute Gasteiger partial charge is 0.280 e. The number of hydrogen-bond donors (Lipinski definition) is 2. The van der Waals surface area contributed by atoms with Gasteiger partial charge in [0.05, 0.1) is 16.6 Å². The van der Waals surface area contributed by atoms with Crippen molar-refractivity contribution in [1.29, 1.82) is 0 Å². The molecular weight excluding hydrogens is 434 g/mol. The van der Waals surface area contributed by atoms with E-state index in [9.17, 15) is 4.79 Å². The van der Waals surface area contributed by atoms with Gasteiger partial charge in [-0.25, -0.2) is 4.68 Å². The Morgan fingerprint density at radius 1 is 1.12 bits per heavy atom. The number of nitrogens with zero attached hydrogens (tertiary/aromatic N) is 3. The van der Waals surface area contributed by atoms with Crippen molar-refractivity contribution in [2.45, 2.75) is 26.8 Å². The Labute approximate surface area is 195 Å². The zero-order chi connectivity index (χ0) is 22.7. The number of H-pyrrole nitrogens is 2. The first kappa shape index (κ1) is 20.3. The Bertz CT molecular complexity index is 1570. The number of benzene rings is 2. The molecule has 2 aromatic carbocycles. The molecule has 0 amide bonds. The molecule has 1 aliphatic rings. The second kappa shape index (κ2) is 7.61. The number of pyridine rings is 1. The van der Waals surface area contributed by atoms with E-state index in [2.05, 4.69) is 45.1 Å². The summed E-state index contributed by atoms with van der Waals surface area (Å²) >= 11 is 6.04. The van der Waals surface area contributed by atoms with E-state index in [0.29, 0.717) is 10.4 Å². The predicted octanol–water partition coefficient (Wildman–Crippen LogP) is 5.20. The number of fused-ring (bicyclic) bond motifs is 4. The standard InChI is InChI=1S/C26H24ClN5O/c1-3-31-11-10-19-20-12-16(4-9-22(20)29-23(19)14-31)24-15(2)28-13-21-25(24)30-32(26(21)33)18-7-5-17(27)6-8-18/h4-9,12-13,29-30H,3,10-11,14H2,1-2H3. The summed E-state index contributed by atoms with van der Waals surface area (Å²) in [5.41, 5.74) is 8.18. The largest absolute Gasteiger partial charge is 0.357 e. The molecule has 33 heavy (non-hydrogen) atoms. The molecule has 0 atom stereocenters. The first-order valence-electron chi connectivity index (χ1n) is 11.3. The third kappa shape index (κ3) is 3.21. The van der Waals surface area contributed by atoms with Crippen molar-refractivity contribution in [3.8, 4) is 16.8 Å². The monoisotopic (exact) mass is 457 g/mol. The van der Waals surface area contributed by atoms with E-state index in [0.717, 1.165) is 59.6 Å². The first-order chi connectivity index (χ1) is 16.0. The summed E-state index contributed by atoms with van der Waals surface area (Å²) in [5, 5.41) is 5.79. The van der Waals surface area contributed by atoms with Crippen molar-refractivity contribution < 1.29 is 0 Å². The van der Waals surface area contributed by atoms with E-state index in [-0.39, 0.29) is 5.56 Å². The van der Waals surface area contributed by atoms with Gasteiger partial charge in [0.15, 0.2) is 0 Å². The lowest BCUT2D eigenvalue weighted by Crippen LogP contribution is -2.29. The van der Waals surface area contributed by atoms with Crippen LogP contribution in [0.4, 0.5) is 0 Å². The van der Waals surface area contributed by atoms with Crippen molar-refractivity contribution in [3.63, 3.8) is 0 Å². The molecule has 2 N–H and O–H groups in total. The molecule has 0 unspecified atom stereocenters. The molecule has 1 aliphatic heterocycles. The number of rotatable bonds is 3. The molecule has 6 nitrogen and oxygen atoms in total. The van der Waals surface area contributed by atoms with Crippen LogP contribution in [0.2, 0.25) is 5.02 Å². The highest BCUT2D eigenvalue weighted by Crippen LogP contribution is 2.34. The second-order valence-electron chi connectivity index (χ2n) is 8.70. The topological polar surface area (TPSA) is 69.7 Å². The Morgan fingerprint density at radius 2 is 1.94 bits per heavy atom. The fraction of sp³-hybridized carbons (Fsp3) is 0.231. The number of halogens is 1. The quantitative estimate of drug-likeness (QED) is 0.391. The van der Waals surface area contributed by atoms with E-state index in [1.807, 2.05) is 19.1 Å². The molecule has 0 saturated carbocycles. The lowest BCUT2D eigenvalue weighted by molar-refractivity contribution is 0.266. The molecule has 4 heterocycles. The van der Waals surface area contributed by atoms with Crippen LogP contribution in [0.5, 0.6) is 0 Å². The maximum atomic E-state index is 13.2. The van der Waals surface area contributed by atoms with Gasteiger partial charge in [-0.05, 0) is 67.4 Å². The molecule has 6 rings (SSSR count). The van der Waals surface area contributed by atoms with Gasteiger partial charge in [0, 0.05) is 52.2 Å². The predicted molar refractivity (Wildman–Crippen MR) is 133 cm³/mol. The molecule has 0 saturated heterocycles. The number of aromatic amines is 2. The normalized spacial score (nSPS) is 14.3. The molecule has 0 radical (unpaired) electrons. The summed E-state index contributed by atoms with van der Waals surface area (Å²) in [5.74, 6) is 0. The van der Waals surface area contributed by atoms with Crippen LogP contribution in [-0.2, 0) is 13.0 Å². The molecule has 3 aromatic heterocycles. The minimum Gasteiger partial charge on any atom is -0.357 e. The summed E-state index contributed by atoms with van der Waals surface area (Å²) in [4.78, 5) is 23.8. The van der Waals surface area contributed by atoms with Crippen molar-refractivity contribution in [2.24, 2.45) is 0 Å². The molecule has 5 aromatic rings. The molecule has 0 aliphatic carbocycles. The SMILES string of the molecule is CCN1CCc2c([nH]c3ccc(-c4c(C)ncc5c(=O)n(-c6ccc(Cl)cc6)[nH]c45)cc23)C1. The number of aromatic nitrogens is 4. The van der Waals surface area contributed by atoms with Gasteiger partial charge in [0.2, 0.25) is 0 Å². The van der Waals surface area contributed by atoms with Crippen LogP contribution in [0.25, 0.3) is 38.6 Å². The van der Waals surface area contributed by atoms with E-state index in [1.54, 1.807) is 23.0 Å². The van der Waals surface area contributed by atoms with E-state index >= 15 is 0 Å². The lowest BCUT2D eigenvalue weighted by atomic mass is 9.97. The summed E-state index contributed by atoms with van der Waals surface area (Å²) < 4.78 is 1.56. The van der Waals surface area contributed by atoms with Crippen LogP contribution in [0.3, 0.4) is 0 Å². The molecule has 166 valence electrons. The summed E-state index contributed by atoms with van der Waals surface area (Å²) in [6, 6.07) is 13.7. The highest BCUT2D eigenvalue weighted by molar-refractivity contribution is 6.30. The average molecular weight is 458 g/mol. The molecule has 7 heteroatoms. The van der Waals surface area contributed by atoms with E-state index in [4.69, 9.17) is 11.6 Å². The zero-order valence-corrected chi connectivity index (χ0v) is 19.3. The maximum Gasteiger partial charge on any atom is 0.280 e. The van der Waals surface area contributed by atoms with Crippen LogP contribution >= 0.6 is 11.6 Å². The van der Waals surface area contributed by atoms with Gasteiger partial charge in [-0.3, -0.25) is 19.8 Å². The molecule has 0 fully saturated rings. The van der Waals surface area contributed by atoms with Gasteiger partial charge in [-0.15, -0.1) is 0 Å². The van der Waals surface area contributed by atoms with Crippen LogP contribution in [0.15, 0.2) is 53.5 Å². The third-order valence-electron chi connectivity index (χ3n) is 6.80. The Hall–Kier alpha value is -3.35. The third-order valence-corrected chi connectivity index (χ3v) is 7.05. The Morgan fingerprint density at radius 3 is 2.73 bits per heavy atom. The van der Waals surface area contributed by atoms with Gasteiger partial charge in [0.25, 0.3) is 5.56 Å². The van der Waals surface area contributed by atoms with Crippen LogP contribution in [0, 0.1) is 6.92 Å². The highest BCUT2D eigenvalue weighted by atomic mass is 35.5. The van der Waals surface area contributed by atoms with Crippen molar-refractivity contribution in [1.82, 2.24) is 24.6 Å². The average Bonchev–Trinajstić information content (AvgIpc) is 3.36. The van der Waals surface area contributed by atoms with E-state index in [1.165, 1.54) is 16.6 Å². The number of hydrogen-bond acceptors (Lipinski definition) is 3. The van der Waals surface area contributed by atoms with Crippen LogP contribution < -0.4 is 5.56 Å². The summed E-state index contributed by atoms with van der Waals surface area (Å²) in [6.45, 7) is 7.30. The van der Waals surface area contributed by atoms with Gasteiger partial charge in [-0.1, -0.05) is 24.6 Å². The van der Waals surface area contributed by atoms with E-state index < -0.39 is 0 Å². The van der Waals surface area contributed by atoms with Gasteiger partial charge < -0.3 is 4.98 Å². The minimum atomic E-state index is -0.124. The van der Waals surface area contributed by atoms with Gasteiger partial charge >= 0.3 is 0 Å². The Kier molecular flexibility index (Phi) is 4.67. The molecular formula is C26H24ClN5O. The minimum absolute atomic E-state index is 0.124. The van der Waals surface area contributed by atoms with Crippen molar-refractivity contribution >= 4 is 33.4 Å². The zero-order valence-electron chi connectivity index (χ0n) is 18.6. The number of likely N-dealkylation sites (N-methyl/N-ethyl adjacent to an activating group) is 1. The maximum absolute atomic E-state index is 13.2. The fourth-order valence-electron chi connectivity index (χ4n) is 5.01. The summed E-state index contributed by atoms with van der Waals surface area (Å²) in [7, 11) is 0. The van der Waals surface area contributed by atoms with Crippen LogP contribution in [0.1, 0.15) is 23.9 Å². The second-order valence-corrected chi connectivity index (χ2v) is 9.13. The number of aryl methyl sites for hydroxylation is 1. The first-order valence-corrected chi connectivity index (χ1v) is 11.6. The summed E-state index contributed by atoms with van der Waals surface area (Å²) in [6.07, 6.45) is 2.70. The fourth-order valence-corrected chi connectivity index (χ4v) is 5.14. The molecule has 0 spiro atoms.